The Morgan fingerprint density at radius 1 is 1.00 bits per heavy atom. The standard InChI is InChI=1S/C25H22N2O4/c1-14-9-10-18-19(11-14)24(29)27(23(18)28)16-6-4-5-15(12-16)22-13-20(25(30)31)17-7-2-3-8-21(17)26-22/h2-8,12-14,18-19H,9-11H2,1H3,(H,30,31)/t14-,18+,19-/m1/s1. The van der Waals surface area contributed by atoms with Gasteiger partial charge < -0.3 is 5.11 Å². The molecule has 2 fully saturated rings. The molecule has 31 heavy (non-hydrogen) atoms. The minimum Gasteiger partial charge on any atom is -0.478 e. The lowest BCUT2D eigenvalue weighted by Crippen LogP contribution is -2.30. The van der Waals surface area contributed by atoms with Crippen LogP contribution in [0.1, 0.15) is 36.5 Å². The van der Waals surface area contributed by atoms with Crippen LogP contribution in [0.3, 0.4) is 0 Å². The van der Waals surface area contributed by atoms with Crippen LogP contribution in [0.2, 0.25) is 0 Å². The second kappa shape index (κ2) is 7.30. The van der Waals surface area contributed by atoms with Gasteiger partial charge in [0.2, 0.25) is 11.8 Å². The summed E-state index contributed by atoms with van der Waals surface area (Å²) in [7, 11) is 0. The van der Waals surface area contributed by atoms with Crippen molar-refractivity contribution in [2.24, 2.45) is 17.8 Å². The number of amides is 2. The molecule has 2 aromatic carbocycles. The average Bonchev–Trinajstić information content (AvgIpc) is 3.02. The van der Waals surface area contributed by atoms with Gasteiger partial charge in [-0.1, -0.05) is 37.3 Å². The van der Waals surface area contributed by atoms with E-state index < -0.39 is 5.97 Å². The van der Waals surface area contributed by atoms with Crippen LogP contribution in [0, 0.1) is 17.8 Å². The van der Waals surface area contributed by atoms with Crippen molar-refractivity contribution in [1.82, 2.24) is 4.98 Å². The third-order valence-corrected chi connectivity index (χ3v) is 6.53. The van der Waals surface area contributed by atoms with Crippen LogP contribution in [-0.4, -0.2) is 27.9 Å². The molecule has 2 aliphatic rings. The smallest absolute Gasteiger partial charge is 0.336 e. The number of anilines is 1. The molecule has 1 aromatic heterocycles. The maximum Gasteiger partial charge on any atom is 0.336 e. The van der Waals surface area contributed by atoms with Gasteiger partial charge in [-0.3, -0.25) is 14.5 Å². The van der Waals surface area contributed by atoms with Crippen LogP contribution in [0.25, 0.3) is 22.2 Å². The van der Waals surface area contributed by atoms with E-state index in [9.17, 15) is 19.5 Å². The van der Waals surface area contributed by atoms with Crippen molar-refractivity contribution in [3.63, 3.8) is 0 Å². The average molecular weight is 414 g/mol. The molecular formula is C25H22N2O4. The lowest BCUT2D eigenvalue weighted by atomic mass is 9.76. The number of carboxylic acids is 1. The van der Waals surface area contributed by atoms with Gasteiger partial charge in [0.1, 0.15) is 0 Å². The third kappa shape index (κ3) is 3.19. The Balaban J connectivity index is 1.57. The highest BCUT2D eigenvalue weighted by Crippen LogP contribution is 2.42. The molecule has 0 unspecified atom stereocenters. The van der Waals surface area contributed by atoms with Gasteiger partial charge in [-0.25, -0.2) is 9.78 Å². The van der Waals surface area contributed by atoms with E-state index in [0.29, 0.717) is 33.8 Å². The van der Waals surface area contributed by atoms with E-state index in [1.807, 2.05) is 12.1 Å². The van der Waals surface area contributed by atoms with E-state index in [1.54, 1.807) is 42.5 Å². The quantitative estimate of drug-likeness (QED) is 0.637. The summed E-state index contributed by atoms with van der Waals surface area (Å²) >= 11 is 0. The number of carbonyl (C=O) groups excluding carboxylic acids is 2. The SMILES string of the molecule is C[C@@H]1CC[C@@H]2C(=O)N(c3cccc(-c4cc(C(=O)O)c5ccccc5n4)c3)C(=O)[C@@H]2C1. The predicted molar refractivity (Wildman–Crippen MR) is 117 cm³/mol. The van der Waals surface area contributed by atoms with Crippen LogP contribution < -0.4 is 4.90 Å². The molecule has 3 aromatic rings. The number of nitrogens with zero attached hydrogens (tertiary/aromatic N) is 2. The third-order valence-electron chi connectivity index (χ3n) is 6.53. The lowest BCUT2D eigenvalue weighted by molar-refractivity contribution is -0.122. The topological polar surface area (TPSA) is 87.6 Å². The van der Waals surface area contributed by atoms with Crippen molar-refractivity contribution in [2.75, 3.05) is 4.90 Å². The van der Waals surface area contributed by atoms with Crippen LogP contribution >= 0.6 is 0 Å². The van der Waals surface area contributed by atoms with E-state index in [2.05, 4.69) is 11.9 Å². The Morgan fingerprint density at radius 3 is 2.58 bits per heavy atom. The van der Waals surface area contributed by atoms with E-state index in [0.717, 1.165) is 19.3 Å². The Bertz CT molecular complexity index is 1240. The molecule has 5 rings (SSSR count). The number of hydrogen-bond donors (Lipinski definition) is 1. The molecule has 1 aliphatic heterocycles. The highest BCUT2D eigenvalue weighted by atomic mass is 16.4. The molecular weight excluding hydrogens is 392 g/mol. The highest BCUT2D eigenvalue weighted by molar-refractivity contribution is 6.22. The van der Waals surface area contributed by atoms with Crippen molar-refractivity contribution >= 4 is 34.4 Å². The van der Waals surface area contributed by atoms with Gasteiger partial charge in [0.15, 0.2) is 0 Å². The van der Waals surface area contributed by atoms with Crippen molar-refractivity contribution in [1.29, 1.82) is 0 Å². The molecule has 6 heteroatoms. The zero-order chi connectivity index (χ0) is 21.7. The molecule has 0 bridgehead atoms. The first-order valence-electron chi connectivity index (χ1n) is 10.6. The maximum atomic E-state index is 13.1. The summed E-state index contributed by atoms with van der Waals surface area (Å²) < 4.78 is 0. The van der Waals surface area contributed by atoms with Crippen molar-refractivity contribution in [3.05, 3.63) is 60.2 Å². The molecule has 1 aliphatic carbocycles. The largest absolute Gasteiger partial charge is 0.478 e. The minimum absolute atomic E-state index is 0.128. The molecule has 156 valence electrons. The number of fused-ring (bicyclic) bond motifs is 2. The zero-order valence-electron chi connectivity index (χ0n) is 17.1. The van der Waals surface area contributed by atoms with Crippen LogP contribution in [0.5, 0.6) is 0 Å². The Hall–Kier alpha value is -3.54. The van der Waals surface area contributed by atoms with Crippen molar-refractivity contribution < 1.29 is 19.5 Å². The summed E-state index contributed by atoms with van der Waals surface area (Å²) in [4.78, 5) is 43.9. The van der Waals surface area contributed by atoms with Gasteiger partial charge >= 0.3 is 5.97 Å². The summed E-state index contributed by atoms with van der Waals surface area (Å²) in [6.45, 7) is 2.13. The number of aromatic nitrogens is 1. The van der Waals surface area contributed by atoms with Gasteiger partial charge in [-0.15, -0.1) is 0 Å². The van der Waals surface area contributed by atoms with Crippen molar-refractivity contribution in [3.8, 4) is 11.3 Å². The molecule has 3 atom stereocenters. The first kappa shape index (κ1) is 19.4. The normalized spacial score (nSPS) is 23.3. The summed E-state index contributed by atoms with van der Waals surface area (Å²) in [6, 6.07) is 15.7. The molecule has 2 amide bonds. The van der Waals surface area contributed by atoms with Gasteiger partial charge in [-0.05, 0) is 49.4 Å². The molecule has 1 N–H and O–H groups in total. The fourth-order valence-electron chi connectivity index (χ4n) is 4.95. The summed E-state index contributed by atoms with van der Waals surface area (Å²) in [6.07, 6.45) is 2.47. The fourth-order valence-corrected chi connectivity index (χ4v) is 4.95. The molecule has 0 spiro atoms. The minimum atomic E-state index is -1.03. The Morgan fingerprint density at radius 2 is 1.77 bits per heavy atom. The van der Waals surface area contributed by atoms with E-state index in [-0.39, 0.29) is 29.2 Å². The predicted octanol–water partition coefficient (Wildman–Crippen LogP) is 4.53. The number of pyridine rings is 1. The number of para-hydroxylation sites is 1. The fraction of sp³-hybridized carbons (Fsp3) is 0.280. The van der Waals surface area contributed by atoms with Crippen molar-refractivity contribution in [2.45, 2.75) is 26.2 Å². The number of imide groups is 1. The summed E-state index contributed by atoms with van der Waals surface area (Å²) in [5.41, 5.74) is 2.41. The highest BCUT2D eigenvalue weighted by Gasteiger charge is 2.49. The molecule has 0 radical (unpaired) electrons. The first-order valence-corrected chi connectivity index (χ1v) is 10.6. The molecule has 1 saturated heterocycles. The molecule has 1 saturated carbocycles. The van der Waals surface area contributed by atoms with E-state index in [4.69, 9.17) is 0 Å². The van der Waals surface area contributed by atoms with Gasteiger partial charge in [-0.2, -0.15) is 0 Å². The van der Waals surface area contributed by atoms with E-state index >= 15 is 0 Å². The molecule has 6 nitrogen and oxygen atoms in total. The Labute approximate surface area is 179 Å². The number of benzene rings is 2. The second-order valence-electron chi connectivity index (χ2n) is 8.57. The lowest BCUT2D eigenvalue weighted by Gasteiger charge is -2.25. The van der Waals surface area contributed by atoms with Gasteiger partial charge in [0.25, 0.3) is 0 Å². The first-order chi connectivity index (χ1) is 14.9. The van der Waals surface area contributed by atoms with Gasteiger partial charge in [0, 0.05) is 10.9 Å². The molecule has 2 heterocycles. The number of carboxylic acid groups (broad SMARTS) is 1. The second-order valence-corrected chi connectivity index (χ2v) is 8.57. The maximum absolute atomic E-state index is 13.1. The number of aromatic carboxylic acids is 1. The monoisotopic (exact) mass is 414 g/mol. The number of hydrogen-bond acceptors (Lipinski definition) is 4. The zero-order valence-corrected chi connectivity index (χ0v) is 17.1. The van der Waals surface area contributed by atoms with Crippen LogP contribution in [-0.2, 0) is 9.59 Å². The number of rotatable bonds is 3. The summed E-state index contributed by atoms with van der Waals surface area (Å²) in [5, 5.41) is 10.2. The Kier molecular flexibility index (Phi) is 4.58. The van der Waals surface area contributed by atoms with Gasteiger partial charge in [0.05, 0.1) is 34.3 Å². The van der Waals surface area contributed by atoms with Crippen LogP contribution in [0.15, 0.2) is 54.6 Å². The number of carbonyl (C=O) groups is 3. The van der Waals surface area contributed by atoms with E-state index in [1.165, 1.54) is 4.90 Å². The van der Waals surface area contributed by atoms with Crippen LogP contribution in [0.4, 0.5) is 5.69 Å². The summed E-state index contributed by atoms with van der Waals surface area (Å²) in [5.74, 6) is -1.31.